The SMILES string of the molecule is CC(C)(C)c1ccccc1-n1c(-c2ccccn2)nc2c(C3(c4cccc(-c5ccccc5O)c4)CC4(Cc5ccccc5C4)c4ccccc43)cccc21. The third kappa shape index (κ3) is 5.11. The van der Waals surface area contributed by atoms with Crippen LogP contribution in [0.5, 0.6) is 5.75 Å². The van der Waals surface area contributed by atoms with Crippen molar-refractivity contribution in [2.45, 2.75) is 56.3 Å². The number of imidazole rings is 1. The first-order chi connectivity index (χ1) is 26.8. The van der Waals surface area contributed by atoms with Gasteiger partial charge in [0.2, 0.25) is 0 Å². The molecule has 268 valence electrons. The zero-order valence-electron chi connectivity index (χ0n) is 31.5. The van der Waals surface area contributed by atoms with E-state index in [9.17, 15) is 5.11 Å². The van der Waals surface area contributed by atoms with E-state index in [1.165, 1.54) is 38.9 Å². The highest BCUT2D eigenvalue weighted by Gasteiger charge is 2.56. The molecule has 0 saturated heterocycles. The zero-order valence-corrected chi connectivity index (χ0v) is 31.5. The van der Waals surface area contributed by atoms with Gasteiger partial charge in [-0.25, -0.2) is 4.98 Å². The third-order valence-electron chi connectivity index (χ3n) is 12.3. The van der Waals surface area contributed by atoms with Gasteiger partial charge in [0.05, 0.1) is 16.7 Å². The molecule has 2 aromatic heterocycles. The monoisotopic (exact) mass is 713 g/mol. The number of pyridine rings is 1. The van der Waals surface area contributed by atoms with Gasteiger partial charge in [-0.3, -0.25) is 9.55 Å². The van der Waals surface area contributed by atoms with Crippen LogP contribution in [-0.2, 0) is 29.1 Å². The maximum atomic E-state index is 11.1. The van der Waals surface area contributed by atoms with E-state index < -0.39 is 5.41 Å². The maximum absolute atomic E-state index is 11.1. The van der Waals surface area contributed by atoms with Crippen LogP contribution in [-0.4, -0.2) is 19.6 Å². The first-order valence-corrected chi connectivity index (χ1v) is 19.4. The Morgan fingerprint density at radius 1 is 0.636 bits per heavy atom. The molecule has 0 saturated carbocycles. The van der Waals surface area contributed by atoms with Crippen LogP contribution in [0.25, 0.3) is 39.4 Å². The molecule has 0 aliphatic heterocycles. The predicted molar refractivity (Wildman–Crippen MR) is 223 cm³/mol. The van der Waals surface area contributed by atoms with E-state index in [2.05, 4.69) is 147 Å². The first kappa shape index (κ1) is 33.3. The van der Waals surface area contributed by atoms with Crippen LogP contribution in [0.2, 0.25) is 0 Å². The van der Waals surface area contributed by atoms with Gasteiger partial charge in [0, 0.05) is 22.6 Å². The molecule has 10 rings (SSSR count). The maximum Gasteiger partial charge on any atom is 0.164 e. The Hall–Kier alpha value is -6.26. The van der Waals surface area contributed by atoms with Crippen molar-refractivity contribution >= 4 is 11.0 Å². The quantitative estimate of drug-likeness (QED) is 0.193. The van der Waals surface area contributed by atoms with Crippen LogP contribution in [0, 0.1) is 0 Å². The average Bonchev–Trinajstić information content (AvgIpc) is 3.88. The number of hydrogen-bond donors (Lipinski definition) is 1. The minimum atomic E-state index is -0.553. The van der Waals surface area contributed by atoms with Crippen LogP contribution in [0.15, 0.2) is 164 Å². The van der Waals surface area contributed by atoms with Gasteiger partial charge < -0.3 is 5.11 Å². The van der Waals surface area contributed by atoms with Crippen molar-refractivity contribution in [3.8, 4) is 34.1 Å². The van der Waals surface area contributed by atoms with Crippen molar-refractivity contribution in [1.82, 2.24) is 14.5 Å². The number of rotatable bonds is 5. The second kappa shape index (κ2) is 12.4. The minimum Gasteiger partial charge on any atom is -0.507 e. The summed E-state index contributed by atoms with van der Waals surface area (Å²) in [6.45, 7) is 6.83. The van der Waals surface area contributed by atoms with Gasteiger partial charge in [-0.05, 0) is 106 Å². The second-order valence-electron chi connectivity index (χ2n) is 16.6. The molecule has 8 aromatic rings. The first-order valence-electron chi connectivity index (χ1n) is 19.4. The summed E-state index contributed by atoms with van der Waals surface area (Å²) in [7, 11) is 0. The van der Waals surface area contributed by atoms with Crippen LogP contribution in [0.4, 0.5) is 0 Å². The van der Waals surface area contributed by atoms with Crippen LogP contribution < -0.4 is 0 Å². The van der Waals surface area contributed by atoms with Gasteiger partial charge in [-0.2, -0.15) is 0 Å². The Kier molecular flexibility index (Phi) is 7.51. The summed E-state index contributed by atoms with van der Waals surface area (Å²) in [5.41, 5.74) is 14.3. The predicted octanol–water partition coefficient (Wildman–Crippen LogP) is 11.5. The van der Waals surface area contributed by atoms with Crippen molar-refractivity contribution in [2.75, 3.05) is 0 Å². The summed E-state index contributed by atoms with van der Waals surface area (Å²) in [4.78, 5) is 10.6. The van der Waals surface area contributed by atoms with E-state index in [0.29, 0.717) is 0 Å². The number of benzene rings is 6. The summed E-state index contributed by atoms with van der Waals surface area (Å²) in [6.07, 6.45) is 4.73. The van der Waals surface area contributed by atoms with Gasteiger partial charge in [0.1, 0.15) is 11.4 Å². The van der Waals surface area contributed by atoms with Gasteiger partial charge >= 0.3 is 0 Å². The molecule has 1 unspecified atom stereocenters. The number of para-hydroxylation sites is 3. The van der Waals surface area contributed by atoms with Gasteiger partial charge in [-0.1, -0.05) is 142 Å². The third-order valence-corrected chi connectivity index (χ3v) is 12.3. The van der Waals surface area contributed by atoms with Crippen LogP contribution >= 0.6 is 0 Å². The molecule has 55 heavy (non-hydrogen) atoms. The Balaban J connectivity index is 1.30. The summed E-state index contributed by atoms with van der Waals surface area (Å²) < 4.78 is 2.34. The molecule has 2 aliphatic carbocycles. The number of fused-ring (bicyclic) bond motifs is 4. The number of aromatic nitrogens is 3. The topological polar surface area (TPSA) is 50.9 Å². The Morgan fingerprint density at radius 3 is 2.07 bits per heavy atom. The van der Waals surface area contributed by atoms with E-state index in [1.54, 1.807) is 6.07 Å². The molecular weight excluding hydrogens is 671 g/mol. The zero-order chi connectivity index (χ0) is 37.4. The summed E-state index contributed by atoms with van der Waals surface area (Å²) in [5.74, 6) is 1.11. The van der Waals surface area contributed by atoms with Crippen LogP contribution in [0.3, 0.4) is 0 Å². The number of phenols is 1. The molecule has 2 heterocycles. The molecule has 6 aromatic carbocycles. The van der Waals surface area contributed by atoms with Crippen molar-refractivity contribution in [1.29, 1.82) is 0 Å². The lowest BCUT2D eigenvalue weighted by molar-refractivity contribution is 0.395. The summed E-state index contributed by atoms with van der Waals surface area (Å²) in [5, 5.41) is 11.1. The molecule has 4 nitrogen and oxygen atoms in total. The fraction of sp³-hybridized carbons (Fsp3) is 0.176. The van der Waals surface area contributed by atoms with E-state index >= 15 is 0 Å². The summed E-state index contributed by atoms with van der Waals surface area (Å²) in [6, 6.07) is 56.3. The fourth-order valence-corrected chi connectivity index (χ4v) is 10.0. The molecule has 4 heteroatoms. The fourth-order valence-electron chi connectivity index (χ4n) is 10.0. The Morgan fingerprint density at radius 2 is 1.31 bits per heavy atom. The van der Waals surface area contributed by atoms with E-state index in [4.69, 9.17) is 9.97 Å². The highest BCUT2D eigenvalue weighted by Crippen LogP contribution is 2.61. The lowest BCUT2D eigenvalue weighted by Gasteiger charge is -2.35. The van der Waals surface area contributed by atoms with Gasteiger partial charge in [0.25, 0.3) is 0 Å². The molecule has 1 atom stereocenters. The smallest absolute Gasteiger partial charge is 0.164 e. The van der Waals surface area contributed by atoms with Crippen LogP contribution in [0.1, 0.15) is 66.1 Å². The van der Waals surface area contributed by atoms with E-state index in [-0.39, 0.29) is 16.6 Å². The number of hydrogen-bond acceptors (Lipinski definition) is 3. The van der Waals surface area contributed by atoms with Crippen molar-refractivity contribution in [3.05, 3.63) is 203 Å². The number of phenolic OH excluding ortho intramolecular Hbond substituents is 1. The number of aromatic hydroxyl groups is 1. The number of nitrogens with zero attached hydrogens (tertiary/aromatic N) is 3. The Labute approximate surface area is 322 Å². The lowest BCUT2D eigenvalue weighted by atomic mass is 9.67. The van der Waals surface area contributed by atoms with Gasteiger partial charge in [-0.15, -0.1) is 0 Å². The van der Waals surface area contributed by atoms with E-state index in [1.807, 2.05) is 36.5 Å². The molecule has 0 radical (unpaired) electrons. The molecule has 1 N–H and O–H groups in total. The molecule has 2 aliphatic rings. The minimum absolute atomic E-state index is 0.0987. The van der Waals surface area contributed by atoms with Gasteiger partial charge in [0.15, 0.2) is 5.82 Å². The Bertz CT molecular complexity index is 2730. The normalized spacial score (nSPS) is 17.1. The largest absolute Gasteiger partial charge is 0.507 e. The average molecular weight is 714 g/mol. The highest BCUT2D eigenvalue weighted by molar-refractivity contribution is 5.89. The van der Waals surface area contributed by atoms with Crippen molar-refractivity contribution < 1.29 is 5.11 Å². The second-order valence-corrected chi connectivity index (χ2v) is 16.6. The van der Waals surface area contributed by atoms with Crippen molar-refractivity contribution in [3.63, 3.8) is 0 Å². The highest BCUT2D eigenvalue weighted by atomic mass is 16.3. The van der Waals surface area contributed by atoms with Crippen molar-refractivity contribution in [2.24, 2.45) is 0 Å². The summed E-state index contributed by atoms with van der Waals surface area (Å²) >= 11 is 0. The molecule has 0 fully saturated rings. The molecule has 1 spiro atoms. The van der Waals surface area contributed by atoms with E-state index in [0.717, 1.165) is 58.6 Å². The molecule has 0 amide bonds. The molecular formula is C51H43N3O. The molecule has 0 bridgehead atoms. The standard InChI is InChI=1S/C51H43N3O/c1-49(2,3)41-23-9-10-26-44(41)54-45-27-15-24-42(47(45)53-48(54)43-25-12-13-29-52-43)51(37-19-14-18-34(30-37)38-20-6-11-28-46(38)55)33-50(39-21-7-8-22-40(39)51)31-35-16-4-5-17-36(35)32-50/h4-30,55H,31-33H2,1-3H3. The lowest BCUT2D eigenvalue weighted by Crippen LogP contribution is -2.32.